The van der Waals surface area contributed by atoms with Crippen molar-refractivity contribution in [3.8, 4) is 0 Å². The smallest absolute Gasteiger partial charge is 0.317 e. The molecule has 0 atom stereocenters. The molecular formula is C9H16N2O. The summed E-state index contributed by atoms with van der Waals surface area (Å²) in [7, 11) is 1.66. The van der Waals surface area contributed by atoms with E-state index < -0.39 is 0 Å². The molecule has 0 aromatic rings. The maximum absolute atomic E-state index is 11.2. The van der Waals surface area contributed by atoms with Crippen molar-refractivity contribution in [1.82, 2.24) is 10.2 Å². The molecule has 0 saturated heterocycles. The minimum Gasteiger partial charge on any atom is -0.341 e. The fraction of sp³-hybridized carbons (Fsp3) is 0.667. The van der Waals surface area contributed by atoms with Gasteiger partial charge in [0.25, 0.3) is 0 Å². The Morgan fingerprint density at radius 2 is 2.33 bits per heavy atom. The number of nitrogens with one attached hydrogen (secondary N) is 1. The quantitative estimate of drug-likeness (QED) is 0.587. The SMILES string of the molecule is CNC(=O)N1CC=C(C(C)C)C1. The first kappa shape index (κ1) is 9.10. The first-order chi connectivity index (χ1) is 5.65. The summed E-state index contributed by atoms with van der Waals surface area (Å²) in [4.78, 5) is 13.0. The number of amides is 2. The second-order valence-corrected chi connectivity index (χ2v) is 3.37. The van der Waals surface area contributed by atoms with Crippen LogP contribution in [0.15, 0.2) is 11.6 Å². The number of carbonyl (C=O) groups is 1. The maximum atomic E-state index is 11.2. The van der Waals surface area contributed by atoms with Crippen LogP contribution in [-0.2, 0) is 0 Å². The molecular weight excluding hydrogens is 152 g/mol. The topological polar surface area (TPSA) is 32.3 Å². The van der Waals surface area contributed by atoms with E-state index in [9.17, 15) is 4.79 Å². The van der Waals surface area contributed by atoms with Gasteiger partial charge in [-0.2, -0.15) is 0 Å². The van der Waals surface area contributed by atoms with Crippen molar-refractivity contribution in [2.24, 2.45) is 5.92 Å². The van der Waals surface area contributed by atoms with Gasteiger partial charge in [0.1, 0.15) is 0 Å². The monoisotopic (exact) mass is 168 g/mol. The van der Waals surface area contributed by atoms with E-state index >= 15 is 0 Å². The van der Waals surface area contributed by atoms with E-state index in [1.165, 1.54) is 5.57 Å². The van der Waals surface area contributed by atoms with E-state index in [4.69, 9.17) is 0 Å². The Morgan fingerprint density at radius 1 is 1.67 bits per heavy atom. The number of rotatable bonds is 1. The molecule has 1 rings (SSSR count). The second-order valence-electron chi connectivity index (χ2n) is 3.37. The molecule has 1 heterocycles. The fourth-order valence-electron chi connectivity index (χ4n) is 1.31. The van der Waals surface area contributed by atoms with Crippen LogP contribution in [0, 0.1) is 5.92 Å². The van der Waals surface area contributed by atoms with Crippen molar-refractivity contribution >= 4 is 6.03 Å². The molecule has 0 unspecified atom stereocenters. The molecule has 3 nitrogen and oxygen atoms in total. The van der Waals surface area contributed by atoms with Crippen LogP contribution in [0.3, 0.4) is 0 Å². The van der Waals surface area contributed by atoms with Gasteiger partial charge in [-0.25, -0.2) is 4.79 Å². The minimum absolute atomic E-state index is 0.0156. The first-order valence-corrected chi connectivity index (χ1v) is 4.30. The van der Waals surface area contributed by atoms with Crippen LogP contribution in [0.5, 0.6) is 0 Å². The van der Waals surface area contributed by atoms with Crippen molar-refractivity contribution in [3.05, 3.63) is 11.6 Å². The second kappa shape index (κ2) is 3.61. The van der Waals surface area contributed by atoms with Gasteiger partial charge in [-0.1, -0.05) is 25.5 Å². The molecule has 1 N–H and O–H groups in total. The Hall–Kier alpha value is -0.990. The summed E-state index contributed by atoms with van der Waals surface area (Å²) >= 11 is 0. The van der Waals surface area contributed by atoms with Crippen LogP contribution in [0.1, 0.15) is 13.8 Å². The average Bonchev–Trinajstić information content (AvgIpc) is 2.51. The van der Waals surface area contributed by atoms with E-state index in [0.717, 1.165) is 13.1 Å². The zero-order chi connectivity index (χ0) is 9.14. The van der Waals surface area contributed by atoms with Gasteiger partial charge < -0.3 is 10.2 Å². The Bertz CT molecular complexity index is 209. The molecule has 0 saturated carbocycles. The van der Waals surface area contributed by atoms with Gasteiger partial charge in [0.15, 0.2) is 0 Å². The standard InChI is InChI=1S/C9H16N2O/c1-7(2)8-4-5-11(6-8)9(12)10-3/h4,7H,5-6H2,1-3H3,(H,10,12). The highest BCUT2D eigenvalue weighted by Gasteiger charge is 2.19. The number of nitrogens with zero attached hydrogens (tertiary/aromatic N) is 1. The Labute approximate surface area is 73.4 Å². The molecule has 3 heteroatoms. The molecule has 0 radical (unpaired) electrons. The number of carbonyl (C=O) groups excluding carboxylic acids is 1. The van der Waals surface area contributed by atoms with E-state index in [1.54, 1.807) is 11.9 Å². The van der Waals surface area contributed by atoms with Gasteiger partial charge in [-0.05, 0) is 5.92 Å². The van der Waals surface area contributed by atoms with E-state index in [0.29, 0.717) is 5.92 Å². The largest absolute Gasteiger partial charge is 0.341 e. The molecule has 68 valence electrons. The van der Waals surface area contributed by atoms with Crippen molar-refractivity contribution in [2.45, 2.75) is 13.8 Å². The molecule has 0 aromatic heterocycles. The van der Waals surface area contributed by atoms with Gasteiger partial charge in [0.05, 0.1) is 0 Å². The Balaban J connectivity index is 2.47. The van der Waals surface area contributed by atoms with Crippen LogP contribution < -0.4 is 5.32 Å². The third-order valence-corrected chi connectivity index (χ3v) is 2.19. The minimum atomic E-state index is 0.0156. The van der Waals surface area contributed by atoms with Crippen molar-refractivity contribution in [2.75, 3.05) is 20.1 Å². The van der Waals surface area contributed by atoms with Gasteiger partial charge in [-0.15, -0.1) is 0 Å². The molecule has 1 aliphatic rings. The van der Waals surface area contributed by atoms with Crippen LogP contribution >= 0.6 is 0 Å². The van der Waals surface area contributed by atoms with E-state index in [1.807, 2.05) is 0 Å². The predicted molar refractivity (Wildman–Crippen MR) is 48.9 cm³/mol. The summed E-state index contributed by atoms with van der Waals surface area (Å²) in [6.45, 7) is 5.85. The fourth-order valence-corrected chi connectivity index (χ4v) is 1.31. The molecule has 1 aliphatic heterocycles. The summed E-state index contributed by atoms with van der Waals surface area (Å²) in [5.74, 6) is 0.555. The Morgan fingerprint density at radius 3 is 2.75 bits per heavy atom. The van der Waals surface area contributed by atoms with Crippen LogP contribution in [0.25, 0.3) is 0 Å². The van der Waals surface area contributed by atoms with Gasteiger partial charge in [0.2, 0.25) is 0 Å². The average molecular weight is 168 g/mol. The van der Waals surface area contributed by atoms with E-state index in [2.05, 4.69) is 25.2 Å². The highest BCUT2D eigenvalue weighted by atomic mass is 16.2. The van der Waals surface area contributed by atoms with Crippen LogP contribution in [0.2, 0.25) is 0 Å². The molecule has 0 fully saturated rings. The number of hydrogen-bond donors (Lipinski definition) is 1. The third-order valence-electron chi connectivity index (χ3n) is 2.19. The number of urea groups is 1. The third kappa shape index (κ3) is 1.78. The zero-order valence-electron chi connectivity index (χ0n) is 7.92. The van der Waals surface area contributed by atoms with E-state index in [-0.39, 0.29) is 6.03 Å². The highest BCUT2D eigenvalue weighted by Crippen LogP contribution is 2.16. The molecule has 2 amide bonds. The normalized spacial score (nSPS) is 16.7. The van der Waals surface area contributed by atoms with Crippen molar-refractivity contribution < 1.29 is 4.79 Å². The summed E-state index contributed by atoms with van der Waals surface area (Å²) in [6, 6.07) is 0.0156. The molecule has 0 aliphatic carbocycles. The maximum Gasteiger partial charge on any atom is 0.317 e. The molecule has 0 spiro atoms. The summed E-state index contributed by atoms with van der Waals surface area (Å²) in [6.07, 6.45) is 2.14. The first-order valence-electron chi connectivity index (χ1n) is 4.30. The van der Waals surface area contributed by atoms with Gasteiger partial charge in [-0.3, -0.25) is 0 Å². The molecule has 12 heavy (non-hydrogen) atoms. The lowest BCUT2D eigenvalue weighted by Gasteiger charge is -2.16. The summed E-state index contributed by atoms with van der Waals surface area (Å²) < 4.78 is 0. The van der Waals surface area contributed by atoms with Gasteiger partial charge >= 0.3 is 6.03 Å². The number of hydrogen-bond acceptors (Lipinski definition) is 1. The molecule has 0 bridgehead atoms. The Kier molecular flexibility index (Phi) is 2.74. The summed E-state index contributed by atoms with van der Waals surface area (Å²) in [5, 5.41) is 2.62. The van der Waals surface area contributed by atoms with Crippen LogP contribution in [0.4, 0.5) is 4.79 Å². The lowest BCUT2D eigenvalue weighted by molar-refractivity contribution is 0.212. The lowest BCUT2D eigenvalue weighted by atomic mass is 10.1. The van der Waals surface area contributed by atoms with Crippen molar-refractivity contribution in [1.29, 1.82) is 0 Å². The lowest BCUT2D eigenvalue weighted by Crippen LogP contribution is -2.36. The summed E-state index contributed by atoms with van der Waals surface area (Å²) in [5.41, 5.74) is 1.36. The predicted octanol–water partition coefficient (Wildman–Crippen LogP) is 1.22. The van der Waals surface area contributed by atoms with Crippen LogP contribution in [-0.4, -0.2) is 31.1 Å². The zero-order valence-corrected chi connectivity index (χ0v) is 7.92. The van der Waals surface area contributed by atoms with Gasteiger partial charge in [0, 0.05) is 20.1 Å². The molecule has 0 aromatic carbocycles. The van der Waals surface area contributed by atoms with Crippen molar-refractivity contribution in [3.63, 3.8) is 0 Å². The highest BCUT2D eigenvalue weighted by molar-refractivity contribution is 5.74.